The van der Waals surface area contributed by atoms with Crippen LogP contribution >= 0.6 is 0 Å². The number of carboxylic acid groups (broad SMARTS) is 1. The van der Waals surface area contributed by atoms with Crippen LogP contribution in [-0.4, -0.2) is 34.9 Å². The topological polar surface area (TPSA) is 69.6 Å². The molecule has 100 valence electrons. The summed E-state index contributed by atoms with van der Waals surface area (Å²) in [6, 6.07) is 0.301. The van der Waals surface area contributed by atoms with Gasteiger partial charge in [-0.1, -0.05) is 20.8 Å². The van der Waals surface area contributed by atoms with Gasteiger partial charge in [0.1, 0.15) is 0 Å². The Morgan fingerprint density at radius 3 is 2.53 bits per heavy atom. The predicted molar refractivity (Wildman–Crippen MR) is 66.8 cm³/mol. The quantitative estimate of drug-likeness (QED) is 0.699. The van der Waals surface area contributed by atoms with Crippen molar-refractivity contribution in [2.45, 2.75) is 52.7 Å². The van der Waals surface area contributed by atoms with E-state index in [9.17, 15) is 15.0 Å². The van der Waals surface area contributed by atoms with Crippen LogP contribution in [0.5, 0.6) is 0 Å². The zero-order valence-electron chi connectivity index (χ0n) is 11.2. The Morgan fingerprint density at radius 1 is 1.47 bits per heavy atom. The molecule has 4 nitrogen and oxygen atoms in total. The number of aliphatic hydroxyl groups is 1. The van der Waals surface area contributed by atoms with Crippen molar-refractivity contribution in [2.24, 2.45) is 17.3 Å². The summed E-state index contributed by atoms with van der Waals surface area (Å²) in [6.45, 7) is 8.50. The van der Waals surface area contributed by atoms with Crippen molar-refractivity contribution in [1.82, 2.24) is 5.32 Å². The molecular weight excluding hydrogens is 218 g/mol. The van der Waals surface area contributed by atoms with E-state index in [0.717, 1.165) is 6.42 Å². The maximum Gasteiger partial charge on any atom is 0.307 e. The molecule has 17 heavy (non-hydrogen) atoms. The molecule has 0 amide bonds. The Morgan fingerprint density at radius 2 is 2.06 bits per heavy atom. The lowest BCUT2D eigenvalue weighted by molar-refractivity contribution is -0.150. The highest BCUT2D eigenvalue weighted by atomic mass is 16.4. The molecule has 0 saturated heterocycles. The zero-order valence-corrected chi connectivity index (χ0v) is 11.2. The second kappa shape index (κ2) is 5.36. The molecule has 0 radical (unpaired) electrons. The van der Waals surface area contributed by atoms with Crippen molar-refractivity contribution in [2.75, 3.05) is 6.54 Å². The molecule has 4 heteroatoms. The van der Waals surface area contributed by atoms with Crippen molar-refractivity contribution in [3.63, 3.8) is 0 Å². The molecule has 1 aliphatic carbocycles. The van der Waals surface area contributed by atoms with Crippen molar-refractivity contribution < 1.29 is 15.0 Å². The van der Waals surface area contributed by atoms with Gasteiger partial charge in [0.15, 0.2) is 0 Å². The van der Waals surface area contributed by atoms with Gasteiger partial charge in [-0.05, 0) is 31.1 Å². The van der Waals surface area contributed by atoms with Gasteiger partial charge >= 0.3 is 5.97 Å². The normalized spacial score (nSPS) is 34.3. The number of aliphatic hydroxyl groups excluding tert-OH is 1. The van der Waals surface area contributed by atoms with E-state index < -0.39 is 5.97 Å². The lowest BCUT2D eigenvalue weighted by atomic mass is 9.61. The third kappa shape index (κ3) is 3.19. The Bertz CT molecular complexity index is 276. The van der Waals surface area contributed by atoms with Crippen molar-refractivity contribution in [1.29, 1.82) is 0 Å². The van der Waals surface area contributed by atoms with Crippen LogP contribution in [0.1, 0.15) is 40.5 Å². The summed E-state index contributed by atoms with van der Waals surface area (Å²) in [5.41, 5.74) is -0.208. The number of aliphatic carboxylic acids is 1. The van der Waals surface area contributed by atoms with Crippen LogP contribution in [-0.2, 0) is 4.79 Å². The van der Waals surface area contributed by atoms with Crippen LogP contribution in [0.4, 0.5) is 0 Å². The first-order valence-corrected chi connectivity index (χ1v) is 6.41. The minimum absolute atomic E-state index is 0.208. The van der Waals surface area contributed by atoms with Crippen molar-refractivity contribution in [3.8, 4) is 0 Å². The number of rotatable bonds is 4. The third-order valence-electron chi connectivity index (χ3n) is 4.42. The smallest absolute Gasteiger partial charge is 0.307 e. The van der Waals surface area contributed by atoms with Gasteiger partial charge in [0, 0.05) is 12.6 Å². The molecule has 1 aliphatic rings. The molecule has 1 rings (SSSR count). The Hall–Kier alpha value is -0.610. The first-order valence-electron chi connectivity index (χ1n) is 6.41. The van der Waals surface area contributed by atoms with Gasteiger partial charge < -0.3 is 15.5 Å². The summed E-state index contributed by atoms with van der Waals surface area (Å²) in [6.07, 6.45) is 1.22. The van der Waals surface area contributed by atoms with E-state index in [1.54, 1.807) is 6.92 Å². The minimum atomic E-state index is -0.684. The van der Waals surface area contributed by atoms with Crippen LogP contribution in [0.3, 0.4) is 0 Å². The fraction of sp³-hybridized carbons (Fsp3) is 0.923. The number of hydrogen-bond acceptors (Lipinski definition) is 3. The van der Waals surface area contributed by atoms with E-state index in [2.05, 4.69) is 12.2 Å². The second-order valence-electron chi connectivity index (χ2n) is 5.94. The average Bonchev–Trinajstić information content (AvgIpc) is 2.19. The van der Waals surface area contributed by atoms with Gasteiger partial charge in [-0.3, -0.25) is 4.79 Å². The number of hydrogen-bond donors (Lipinski definition) is 3. The van der Waals surface area contributed by atoms with E-state index >= 15 is 0 Å². The van der Waals surface area contributed by atoms with E-state index in [4.69, 9.17) is 0 Å². The second-order valence-corrected chi connectivity index (χ2v) is 5.94. The molecule has 1 saturated carbocycles. The molecule has 1 fully saturated rings. The van der Waals surface area contributed by atoms with E-state index in [1.807, 2.05) is 13.8 Å². The highest BCUT2D eigenvalue weighted by Gasteiger charge is 2.45. The van der Waals surface area contributed by atoms with Crippen molar-refractivity contribution >= 4 is 5.97 Å². The average molecular weight is 243 g/mol. The SMILES string of the molecule is CC(O)CNC1CCC(C(=O)O)C(C)(C)C1C. The largest absolute Gasteiger partial charge is 0.481 e. The molecule has 0 aromatic heterocycles. The molecule has 4 atom stereocenters. The van der Waals surface area contributed by atoms with Gasteiger partial charge in [-0.25, -0.2) is 0 Å². The highest BCUT2D eigenvalue weighted by Crippen LogP contribution is 2.44. The molecule has 0 aromatic rings. The molecule has 0 heterocycles. The summed E-state index contributed by atoms with van der Waals surface area (Å²) in [5.74, 6) is -0.658. The first kappa shape index (κ1) is 14.5. The van der Waals surface area contributed by atoms with E-state index in [0.29, 0.717) is 19.0 Å². The predicted octanol–water partition coefficient (Wildman–Crippen LogP) is 1.48. The summed E-state index contributed by atoms with van der Waals surface area (Å²) in [4.78, 5) is 11.2. The molecule has 0 bridgehead atoms. The van der Waals surface area contributed by atoms with E-state index in [1.165, 1.54) is 0 Å². The Balaban J connectivity index is 2.68. The van der Waals surface area contributed by atoms with Crippen LogP contribution < -0.4 is 5.32 Å². The molecule has 0 spiro atoms. The summed E-state index contributed by atoms with van der Waals surface area (Å²) < 4.78 is 0. The first-order chi connectivity index (χ1) is 7.76. The molecular formula is C13H25NO3. The lowest BCUT2D eigenvalue weighted by Gasteiger charge is -2.46. The molecule has 0 aromatic carbocycles. The zero-order chi connectivity index (χ0) is 13.2. The fourth-order valence-electron chi connectivity index (χ4n) is 2.85. The molecule has 3 N–H and O–H groups in total. The van der Waals surface area contributed by atoms with Crippen LogP contribution in [0, 0.1) is 17.3 Å². The summed E-state index contributed by atoms with van der Waals surface area (Å²) in [7, 11) is 0. The maximum absolute atomic E-state index is 11.2. The summed E-state index contributed by atoms with van der Waals surface area (Å²) in [5, 5.41) is 21.9. The summed E-state index contributed by atoms with van der Waals surface area (Å²) >= 11 is 0. The van der Waals surface area contributed by atoms with Gasteiger partial charge in [-0.15, -0.1) is 0 Å². The van der Waals surface area contributed by atoms with E-state index in [-0.39, 0.29) is 23.4 Å². The Kier molecular flexibility index (Phi) is 4.55. The minimum Gasteiger partial charge on any atom is -0.481 e. The molecule has 4 unspecified atom stereocenters. The third-order valence-corrected chi connectivity index (χ3v) is 4.42. The Labute approximate surface area is 103 Å². The van der Waals surface area contributed by atoms with Crippen LogP contribution in [0.2, 0.25) is 0 Å². The lowest BCUT2D eigenvalue weighted by Crippen LogP contribution is -2.52. The monoisotopic (exact) mass is 243 g/mol. The van der Waals surface area contributed by atoms with Crippen LogP contribution in [0.25, 0.3) is 0 Å². The molecule has 0 aliphatic heterocycles. The number of nitrogens with one attached hydrogen (secondary N) is 1. The van der Waals surface area contributed by atoms with Gasteiger partial charge in [0.05, 0.1) is 12.0 Å². The number of carbonyl (C=O) groups is 1. The van der Waals surface area contributed by atoms with Crippen LogP contribution in [0.15, 0.2) is 0 Å². The fourth-order valence-corrected chi connectivity index (χ4v) is 2.85. The highest BCUT2D eigenvalue weighted by molar-refractivity contribution is 5.71. The number of carboxylic acids is 1. The van der Waals surface area contributed by atoms with Crippen molar-refractivity contribution in [3.05, 3.63) is 0 Å². The van der Waals surface area contributed by atoms with Gasteiger partial charge in [0.2, 0.25) is 0 Å². The van der Waals surface area contributed by atoms with Gasteiger partial charge in [-0.2, -0.15) is 0 Å². The van der Waals surface area contributed by atoms with Gasteiger partial charge in [0.25, 0.3) is 0 Å². The standard InChI is InChI=1S/C13H25NO3/c1-8(15)7-14-11-6-5-10(12(16)17)13(3,4)9(11)2/h8-11,14-15H,5-7H2,1-4H3,(H,16,17). The maximum atomic E-state index is 11.2.